The highest BCUT2D eigenvalue weighted by Crippen LogP contribution is 2.18. The van der Waals surface area contributed by atoms with Crippen molar-refractivity contribution in [1.82, 2.24) is 9.62 Å². The molecule has 136 valence electrons. The van der Waals surface area contributed by atoms with Crippen molar-refractivity contribution in [3.05, 3.63) is 0 Å². The van der Waals surface area contributed by atoms with E-state index in [4.69, 9.17) is 4.74 Å². The summed E-state index contributed by atoms with van der Waals surface area (Å²) in [4.78, 5) is 14.0. The molecule has 0 aromatic rings. The molecule has 2 unspecified atom stereocenters. The van der Waals surface area contributed by atoms with Crippen LogP contribution < -0.4 is 4.72 Å². The first-order chi connectivity index (χ1) is 10.5. The van der Waals surface area contributed by atoms with Gasteiger partial charge in [-0.2, -0.15) is 0 Å². The van der Waals surface area contributed by atoms with Gasteiger partial charge in [0.15, 0.2) is 0 Å². The van der Waals surface area contributed by atoms with Gasteiger partial charge < -0.3 is 9.64 Å². The molecule has 1 saturated heterocycles. The zero-order valence-corrected chi connectivity index (χ0v) is 16.4. The van der Waals surface area contributed by atoms with E-state index in [2.05, 4.69) is 4.72 Å². The highest BCUT2D eigenvalue weighted by Gasteiger charge is 2.25. The van der Waals surface area contributed by atoms with Crippen molar-refractivity contribution in [3.63, 3.8) is 0 Å². The lowest BCUT2D eigenvalue weighted by Crippen LogP contribution is -2.40. The van der Waals surface area contributed by atoms with Crippen LogP contribution in [0.4, 0.5) is 4.79 Å². The van der Waals surface area contributed by atoms with Gasteiger partial charge in [-0.25, -0.2) is 13.7 Å². The largest absolute Gasteiger partial charge is 0.444 e. The van der Waals surface area contributed by atoms with Crippen molar-refractivity contribution < 1.29 is 13.7 Å². The van der Waals surface area contributed by atoms with E-state index in [0.717, 1.165) is 38.6 Å². The van der Waals surface area contributed by atoms with E-state index in [-0.39, 0.29) is 16.9 Å². The summed E-state index contributed by atoms with van der Waals surface area (Å²) in [6.45, 7) is 13.1. The Hall–Kier alpha value is -0.620. The van der Waals surface area contributed by atoms with Gasteiger partial charge in [0, 0.05) is 19.1 Å². The molecule has 1 heterocycles. The molecule has 0 aliphatic carbocycles. The maximum absolute atomic E-state index is 12.3. The lowest BCUT2D eigenvalue weighted by Gasteiger charge is -2.27. The first kappa shape index (κ1) is 20.4. The fourth-order valence-corrected chi connectivity index (χ4v) is 3.33. The molecule has 1 amide bonds. The molecule has 1 fully saturated rings. The third kappa shape index (κ3) is 8.15. The van der Waals surface area contributed by atoms with Crippen molar-refractivity contribution >= 4 is 17.1 Å². The Morgan fingerprint density at radius 1 is 1.04 bits per heavy atom. The summed E-state index contributed by atoms with van der Waals surface area (Å²) in [6.07, 6.45) is 4.60. The Kier molecular flexibility index (Phi) is 7.52. The number of nitrogens with zero attached hydrogens (tertiary/aromatic N) is 1. The molecule has 1 aliphatic rings. The molecule has 1 N–H and O–H groups in total. The molecule has 0 spiro atoms. The lowest BCUT2D eigenvalue weighted by atomic mass is 10.1. The van der Waals surface area contributed by atoms with E-state index in [1.165, 1.54) is 0 Å². The molecular formula is C17H34N2O3S. The minimum absolute atomic E-state index is 0.220. The third-order valence-corrected chi connectivity index (χ3v) is 5.35. The Balaban J connectivity index is 2.54. The molecule has 6 heteroatoms. The molecule has 0 bridgehead atoms. The number of hydrogen-bond donors (Lipinski definition) is 1. The predicted molar refractivity (Wildman–Crippen MR) is 95.7 cm³/mol. The predicted octanol–water partition coefficient (Wildman–Crippen LogP) is 3.61. The summed E-state index contributed by atoms with van der Waals surface area (Å²) < 4.78 is 20.8. The van der Waals surface area contributed by atoms with E-state index in [0.29, 0.717) is 6.54 Å². The van der Waals surface area contributed by atoms with Gasteiger partial charge in [0.25, 0.3) is 0 Å². The second-order valence-corrected chi connectivity index (χ2v) is 10.3. The smallest absolute Gasteiger partial charge is 0.410 e. The first-order valence-corrected chi connectivity index (χ1v) is 9.80. The third-order valence-electron chi connectivity index (χ3n) is 3.69. The minimum Gasteiger partial charge on any atom is -0.444 e. The van der Waals surface area contributed by atoms with E-state index in [9.17, 15) is 9.00 Å². The molecule has 0 radical (unpaired) electrons. The summed E-state index contributed by atoms with van der Waals surface area (Å²) in [5.41, 5.74) is -0.455. The van der Waals surface area contributed by atoms with Gasteiger partial charge in [-0.1, -0.05) is 6.42 Å². The van der Waals surface area contributed by atoms with Gasteiger partial charge in [0.05, 0.1) is 15.7 Å². The number of carbonyl (C=O) groups is 1. The van der Waals surface area contributed by atoms with Gasteiger partial charge in [0.1, 0.15) is 5.60 Å². The van der Waals surface area contributed by atoms with Crippen LogP contribution in [-0.4, -0.2) is 44.7 Å². The van der Waals surface area contributed by atoms with E-state index < -0.39 is 16.6 Å². The number of nitrogens with one attached hydrogen (secondary N) is 1. The summed E-state index contributed by atoms with van der Waals surface area (Å²) in [7, 11) is -1.04. The zero-order chi connectivity index (χ0) is 17.7. The maximum Gasteiger partial charge on any atom is 0.410 e. The summed E-state index contributed by atoms with van der Waals surface area (Å²) in [6, 6.07) is 0.258. The fourth-order valence-electron chi connectivity index (χ4n) is 2.43. The van der Waals surface area contributed by atoms with Crippen molar-refractivity contribution in [2.24, 2.45) is 0 Å². The van der Waals surface area contributed by atoms with Gasteiger partial charge >= 0.3 is 6.09 Å². The van der Waals surface area contributed by atoms with Gasteiger partial charge in [-0.15, -0.1) is 0 Å². The van der Waals surface area contributed by atoms with Crippen LogP contribution in [0.2, 0.25) is 0 Å². The summed E-state index contributed by atoms with van der Waals surface area (Å²) in [5.74, 6) is 0. The van der Waals surface area contributed by atoms with Gasteiger partial charge in [0.2, 0.25) is 0 Å². The first-order valence-electron chi connectivity index (χ1n) is 8.65. The van der Waals surface area contributed by atoms with Crippen molar-refractivity contribution in [3.8, 4) is 0 Å². The van der Waals surface area contributed by atoms with Crippen LogP contribution >= 0.6 is 0 Å². The quantitative estimate of drug-likeness (QED) is 0.831. The van der Waals surface area contributed by atoms with E-state index >= 15 is 0 Å². The van der Waals surface area contributed by atoms with Crippen LogP contribution in [0.15, 0.2) is 0 Å². The molecule has 23 heavy (non-hydrogen) atoms. The zero-order valence-electron chi connectivity index (χ0n) is 15.6. The molecule has 0 saturated carbocycles. The van der Waals surface area contributed by atoms with Crippen LogP contribution in [0.5, 0.6) is 0 Å². The van der Waals surface area contributed by atoms with E-state index in [1.807, 2.05) is 46.4 Å². The fraction of sp³-hybridized carbons (Fsp3) is 0.941. The molecule has 0 aromatic carbocycles. The van der Waals surface area contributed by atoms with Crippen molar-refractivity contribution in [2.75, 3.05) is 13.1 Å². The Labute approximate surface area is 144 Å². The van der Waals surface area contributed by atoms with Gasteiger partial charge in [-0.05, 0) is 67.2 Å². The van der Waals surface area contributed by atoms with Crippen LogP contribution in [0.1, 0.15) is 73.6 Å². The summed E-state index contributed by atoms with van der Waals surface area (Å²) in [5, 5.41) is 0. The molecular weight excluding hydrogens is 312 g/mol. The van der Waals surface area contributed by atoms with Crippen LogP contribution in [0.3, 0.4) is 0 Å². The van der Waals surface area contributed by atoms with E-state index in [1.54, 1.807) is 0 Å². The van der Waals surface area contributed by atoms with Crippen LogP contribution in [0.25, 0.3) is 0 Å². The summed E-state index contributed by atoms with van der Waals surface area (Å²) >= 11 is 0. The normalized spacial score (nSPS) is 22.7. The second-order valence-electron chi connectivity index (χ2n) is 8.30. The monoisotopic (exact) mass is 346 g/mol. The minimum atomic E-state index is -1.04. The van der Waals surface area contributed by atoms with Crippen molar-refractivity contribution in [1.29, 1.82) is 0 Å². The number of rotatable bonds is 2. The SMILES string of the molecule is CC(C)(C)OC(=O)N1CCCCC(NS(=O)C(C)(C)C)CCC1. The Bertz CT molecular complexity index is 413. The second kappa shape index (κ2) is 8.47. The molecule has 1 aliphatic heterocycles. The highest BCUT2D eigenvalue weighted by molar-refractivity contribution is 7.84. The molecule has 2 atom stereocenters. The number of amides is 1. The Morgan fingerprint density at radius 2 is 1.61 bits per heavy atom. The molecule has 1 rings (SSSR count). The average molecular weight is 347 g/mol. The number of hydrogen-bond acceptors (Lipinski definition) is 3. The standard InChI is InChI=1S/C17H34N2O3S/c1-16(2,3)22-15(20)19-12-8-7-10-14(11-9-13-19)18-23(21)17(4,5)6/h14,18H,7-13H2,1-6H3. The maximum atomic E-state index is 12.3. The number of carbonyl (C=O) groups excluding carboxylic acids is 1. The Morgan fingerprint density at radius 3 is 2.17 bits per heavy atom. The molecule has 0 aromatic heterocycles. The highest BCUT2D eigenvalue weighted by atomic mass is 32.2. The van der Waals surface area contributed by atoms with Crippen LogP contribution in [0, 0.1) is 0 Å². The topological polar surface area (TPSA) is 58.6 Å². The van der Waals surface area contributed by atoms with Gasteiger partial charge in [-0.3, -0.25) is 0 Å². The van der Waals surface area contributed by atoms with Crippen LogP contribution in [-0.2, 0) is 15.7 Å². The average Bonchev–Trinajstić information content (AvgIpc) is 2.47. The van der Waals surface area contributed by atoms with Crippen molar-refractivity contribution in [2.45, 2.75) is 90.0 Å². The number of ether oxygens (including phenoxy) is 1. The molecule has 5 nitrogen and oxygen atoms in total. The lowest BCUT2D eigenvalue weighted by molar-refractivity contribution is 0.0246.